The lowest BCUT2D eigenvalue weighted by Gasteiger charge is -2.29. The van der Waals surface area contributed by atoms with Gasteiger partial charge >= 0.3 is 0 Å². The molecule has 1 fully saturated rings. The Bertz CT molecular complexity index is 1080. The molecular formula is C25H34N6O2. The molecule has 33 heavy (non-hydrogen) atoms. The van der Waals surface area contributed by atoms with Gasteiger partial charge in [0.25, 0.3) is 5.91 Å². The molecule has 4 rings (SSSR count). The van der Waals surface area contributed by atoms with E-state index in [2.05, 4.69) is 39.4 Å². The van der Waals surface area contributed by atoms with Crippen LogP contribution in [-0.4, -0.2) is 57.0 Å². The normalized spacial score (nSPS) is 15.0. The van der Waals surface area contributed by atoms with E-state index < -0.39 is 0 Å². The van der Waals surface area contributed by atoms with Gasteiger partial charge in [-0.25, -0.2) is 0 Å². The molecule has 3 aromatic rings. The highest BCUT2D eigenvalue weighted by Gasteiger charge is 2.18. The van der Waals surface area contributed by atoms with Crippen molar-refractivity contribution in [2.45, 2.75) is 47.1 Å². The predicted molar refractivity (Wildman–Crippen MR) is 130 cm³/mol. The number of aromatic amines is 1. The molecule has 176 valence electrons. The molecule has 0 unspecified atom stereocenters. The van der Waals surface area contributed by atoms with E-state index in [1.165, 1.54) is 12.8 Å². The molecule has 0 saturated carbocycles. The Balaban J connectivity index is 1.31. The molecule has 1 amide bonds. The van der Waals surface area contributed by atoms with Crippen LogP contribution in [0.4, 0.5) is 5.69 Å². The van der Waals surface area contributed by atoms with Gasteiger partial charge in [-0.15, -0.1) is 0 Å². The summed E-state index contributed by atoms with van der Waals surface area (Å²) in [5, 5.41) is 14.6. The maximum atomic E-state index is 12.7. The quantitative estimate of drug-likeness (QED) is 0.535. The Hall–Kier alpha value is -3.13. The first-order valence-corrected chi connectivity index (χ1v) is 11.8. The van der Waals surface area contributed by atoms with E-state index >= 15 is 0 Å². The Morgan fingerprint density at radius 1 is 1.21 bits per heavy atom. The number of hydrogen-bond donors (Lipinski definition) is 2. The molecule has 1 aliphatic heterocycles. The van der Waals surface area contributed by atoms with Crippen molar-refractivity contribution in [3.63, 3.8) is 0 Å². The van der Waals surface area contributed by atoms with E-state index in [4.69, 9.17) is 4.74 Å². The highest BCUT2D eigenvalue weighted by atomic mass is 16.5. The van der Waals surface area contributed by atoms with E-state index in [0.717, 1.165) is 60.5 Å². The van der Waals surface area contributed by atoms with Gasteiger partial charge in [-0.05, 0) is 83.0 Å². The van der Waals surface area contributed by atoms with Crippen molar-refractivity contribution in [2.24, 2.45) is 5.92 Å². The number of benzene rings is 1. The number of nitrogens with one attached hydrogen (secondary N) is 2. The summed E-state index contributed by atoms with van der Waals surface area (Å²) in [6.07, 6.45) is 2.54. The number of piperidine rings is 1. The summed E-state index contributed by atoms with van der Waals surface area (Å²) < 4.78 is 7.83. The summed E-state index contributed by atoms with van der Waals surface area (Å²) in [6.45, 7) is 13.1. The van der Waals surface area contributed by atoms with Gasteiger partial charge in [0.2, 0.25) is 0 Å². The van der Waals surface area contributed by atoms with Crippen LogP contribution in [0.5, 0.6) is 5.75 Å². The highest BCUT2D eigenvalue weighted by Crippen LogP contribution is 2.26. The highest BCUT2D eigenvalue weighted by molar-refractivity contribution is 6.03. The number of anilines is 1. The topological polar surface area (TPSA) is 88.1 Å². The average molecular weight is 451 g/mol. The largest absolute Gasteiger partial charge is 0.492 e. The predicted octanol–water partition coefficient (Wildman–Crippen LogP) is 4.27. The summed E-state index contributed by atoms with van der Waals surface area (Å²) in [4.78, 5) is 15.2. The minimum absolute atomic E-state index is 0.236. The fourth-order valence-corrected chi connectivity index (χ4v) is 4.35. The number of likely N-dealkylation sites (tertiary alicyclic amines) is 1. The Morgan fingerprint density at radius 3 is 2.61 bits per heavy atom. The first-order valence-electron chi connectivity index (χ1n) is 11.8. The van der Waals surface area contributed by atoms with Gasteiger partial charge in [-0.2, -0.15) is 10.2 Å². The van der Waals surface area contributed by atoms with E-state index in [0.29, 0.717) is 18.0 Å². The Morgan fingerprint density at radius 2 is 1.94 bits per heavy atom. The second-order valence-electron chi connectivity index (χ2n) is 8.88. The number of H-pyrrole nitrogens is 1. The van der Waals surface area contributed by atoms with Gasteiger partial charge < -0.3 is 10.1 Å². The van der Waals surface area contributed by atoms with Gasteiger partial charge in [0, 0.05) is 30.0 Å². The summed E-state index contributed by atoms with van der Waals surface area (Å²) >= 11 is 0. The summed E-state index contributed by atoms with van der Waals surface area (Å²) in [7, 11) is 0. The summed E-state index contributed by atoms with van der Waals surface area (Å²) in [5.74, 6) is 1.41. The number of rotatable bonds is 8. The average Bonchev–Trinajstić information content (AvgIpc) is 3.40. The van der Waals surface area contributed by atoms with Crippen molar-refractivity contribution >= 4 is 11.6 Å². The number of aromatic nitrogens is 4. The van der Waals surface area contributed by atoms with E-state index in [1.807, 2.05) is 42.8 Å². The van der Waals surface area contributed by atoms with Gasteiger partial charge in [-0.3, -0.25) is 19.5 Å². The molecule has 2 aromatic heterocycles. The zero-order valence-electron chi connectivity index (χ0n) is 20.0. The SMILES string of the molecule is CCn1nc(C)c(-c2cc(C(=O)Nc3ccc(OCCN4CCC(C)CC4)cc3)[nH]n2)c1C. The minimum Gasteiger partial charge on any atom is -0.492 e. The van der Waals surface area contributed by atoms with Gasteiger partial charge in [0.15, 0.2) is 0 Å². The maximum absolute atomic E-state index is 12.7. The minimum atomic E-state index is -0.236. The first-order chi connectivity index (χ1) is 15.9. The maximum Gasteiger partial charge on any atom is 0.273 e. The van der Waals surface area contributed by atoms with Crippen molar-refractivity contribution in [3.05, 3.63) is 47.4 Å². The summed E-state index contributed by atoms with van der Waals surface area (Å²) in [5.41, 5.74) is 4.75. The van der Waals surface area contributed by atoms with Gasteiger partial charge in [0.05, 0.1) is 11.4 Å². The molecule has 0 aliphatic carbocycles. The number of aryl methyl sites for hydroxylation is 2. The molecule has 0 atom stereocenters. The molecule has 8 nitrogen and oxygen atoms in total. The Labute approximate surface area is 195 Å². The number of carbonyl (C=O) groups excluding carboxylic acids is 1. The molecule has 0 radical (unpaired) electrons. The van der Waals surface area contributed by atoms with Crippen LogP contribution in [0.1, 0.15) is 48.6 Å². The zero-order chi connectivity index (χ0) is 23.4. The van der Waals surface area contributed by atoms with E-state index in [-0.39, 0.29) is 5.91 Å². The number of carbonyl (C=O) groups is 1. The second kappa shape index (κ2) is 10.2. The van der Waals surface area contributed by atoms with Crippen LogP contribution in [0.25, 0.3) is 11.3 Å². The molecule has 0 spiro atoms. The molecule has 8 heteroatoms. The van der Waals surface area contributed by atoms with Crippen LogP contribution in [-0.2, 0) is 6.54 Å². The lowest BCUT2D eigenvalue weighted by molar-refractivity contribution is 0.102. The van der Waals surface area contributed by atoms with Crippen molar-refractivity contribution in [3.8, 4) is 17.0 Å². The smallest absolute Gasteiger partial charge is 0.273 e. The molecule has 1 saturated heterocycles. The first kappa shape index (κ1) is 23.0. The van der Waals surface area contributed by atoms with Crippen molar-refractivity contribution in [1.82, 2.24) is 24.9 Å². The van der Waals surface area contributed by atoms with Crippen molar-refractivity contribution in [2.75, 3.05) is 31.6 Å². The van der Waals surface area contributed by atoms with Crippen molar-refractivity contribution in [1.29, 1.82) is 0 Å². The van der Waals surface area contributed by atoms with E-state index in [9.17, 15) is 4.79 Å². The van der Waals surface area contributed by atoms with Gasteiger partial charge in [0.1, 0.15) is 18.1 Å². The van der Waals surface area contributed by atoms with Crippen LogP contribution < -0.4 is 10.1 Å². The van der Waals surface area contributed by atoms with Crippen molar-refractivity contribution < 1.29 is 9.53 Å². The number of amides is 1. The monoisotopic (exact) mass is 450 g/mol. The van der Waals surface area contributed by atoms with Crippen LogP contribution in [0.3, 0.4) is 0 Å². The molecule has 0 bridgehead atoms. The fourth-order valence-electron chi connectivity index (χ4n) is 4.35. The third-order valence-corrected chi connectivity index (χ3v) is 6.42. The standard InChI is InChI=1S/C25H34N6O2/c1-5-31-19(4)24(18(3)29-31)22-16-23(28-27-22)25(32)26-20-6-8-21(9-7-20)33-15-14-30-12-10-17(2)11-13-30/h6-9,16-17H,5,10-15H2,1-4H3,(H,26,32)(H,27,28). The molecule has 3 heterocycles. The zero-order valence-corrected chi connectivity index (χ0v) is 20.0. The van der Waals surface area contributed by atoms with Crippen LogP contribution in [0, 0.1) is 19.8 Å². The van der Waals surface area contributed by atoms with E-state index in [1.54, 1.807) is 6.07 Å². The van der Waals surface area contributed by atoms with Crippen LogP contribution >= 0.6 is 0 Å². The number of nitrogens with zero attached hydrogens (tertiary/aromatic N) is 4. The number of hydrogen-bond acceptors (Lipinski definition) is 5. The van der Waals surface area contributed by atoms with Crippen LogP contribution in [0.15, 0.2) is 30.3 Å². The fraction of sp³-hybridized carbons (Fsp3) is 0.480. The second-order valence-corrected chi connectivity index (χ2v) is 8.88. The molecule has 1 aromatic carbocycles. The lowest BCUT2D eigenvalue weighted by atomic mass is 9.99. The third-order valence-electron chi connectivity index (χ3n) is 6.42. The Kier molecular flexibility index (Phi) is 7.13. The van der Waals surface area contributed by atoms with Crippen LogP contribution in [0.2, 0.25) is 0 Å². The van der Waals surface area contributed by atoms with Gasteiger partial charge in [-0.1, -0.05) is 6.92 Å². The molecule has 1 aliphatic rings. The third kappa shape index (κ3) is 5.45. The molecule has 2 N–H and O–H groups in total. The lowest BCUT2D eigenvalue weighted by Crippen LogP contribution is -2.35. The number of ether oxygens (including phenoxy) is 1. The summed E-state index contributed by atoms with van der Waals surface area (Å²) in [6, 6.07) is 9.25. The molecular weight excluding hydrogens is 416 g/mol.